The Labute approximate surface area is 388 Å². The summed E-state index contributed by atoms with van der Waals surface area (Å²) in [6.45, 7) is 2.27. The maximum atomic E-state index is 13.0. The number of rotatable bonds is 24. The topological polar surface area (TPSA) is 129 Å². The van der Waals surface area contributed by atoms with Gasteiger partial charge in [-0.3, -0.25) is 0 Å². The Morgan fingerprint density at radius 3 is 1.20 bits per heavy atom. The monoisotopic (exact) mass is 883 g/mol. The Hall–Kier alpha value is -7.31. The third kappa shape index (κ3) is 15.4. The molecule has 0 saturated heterocycles. The molecule has 0 radical (unpaired) electrons. The molecular weight excluding hydrogens is 827 g/mol. The average Bonchev–Trinajstić information content (AvgIpc) is 3.35. The van der Waals surface area contributed by atoms with Crippen LogP contribution in [0.1, 0.15) is 149 Å². The smallest absolute Gasteiger partial charge is 0.343 e. The van der Waals surface area contributed by atoms with E-state index in [4.69, 9.17) is 24.2 Å². The number of nitriles is 1. The number of unbranched alkanes of at least 4 members (excludes halogenated alkanes) is 13. The van der Waals surface area contributed by atoms with Crippen molar-refractivity contribution in [1.29, 1.82) is 5.26 Å². The number of esters is 4. The molecule has 0 fully saturated rings. The van der Waals surface area contributed by atoms with Crippen LogP contribution >= 0.6 is 0 Å². The number of aryl methyl sites for hydroxylation is 1. The fourth-order valence-electron chi connectivity index (χ4n) is 7.45. The summed E-state index contributed by atoms with van der Waals surface area (Å²) in [6, 6.07) is 41.9. The van der Waals surface area contributed by atoms with E-state index in [2.05, 4.69) is 31.2 Å². The Morgan fingerprint density at radius 2 is 0.758 bits per heavy atom. The van der Waals surface area contributed by atoms with Gasteiger partial charge in [-0.2, -0.15) is 5.26 Å². The van der Waals surface area contributed by atoms with Gasteiger partial charge in [0.1, 0.15) is 23.0 Å². The molecule has 6 aromatic rings. The first-order valence-electron chi connectivity index (χ1n) is 23.2. The zero-order valence-electron chi connectivity index (χ0n) is 37.7. The highest BCUT2D eigenvalue weighted by Gasteiger charge is 2.16. The van der Waals surface area contributed by atoms with Crippen LogP contribution in [0, 0.1) is 11.3 Å². The van der Waals surface area contributed by atoms with Gasteiger partial charge in [0.2, 0.25) is 0 Å². The number of hydrogen-bond acceptors (Lipinski definition) is 9. The summed E-state index contributed by atoms with van der Waals surface area (Å²) in [5.74, 6) is -1.69. The van der Waals surface area contributed by atoms with Gasteiger partial charge >= 0.3 is 23.9 Å². The highest BCUT2D eigenvalue weighted by Crippen LogP contribution is 2.24. The molecule has 0 unspecified atom stereocenters. The molecule has 0 N–H and O–H groups in total. The number of ether oxygens (including phenoxy) is 4. The molecule has 0 saturated carbocycles. The van der Waals surface area contributed by atoms with Crippen LogP contribution in [0.5, 0.6) is 23.0 Å². The van der Waals surface area contributed by atoms with Crippen LogP contribution in [0.4, 0.5) is 0 Å². The lowest BCUT2D eigenvalue weighted by atomic mass is 10.00. The predicted molar refractivity (Wildman–Crippen MR) is 256 cm³/mol. The highest BCUT2D eigenvalue weighted by molar-refractivity contribution is 5.95. The van der Waals surface area contributed by atoms with E-state index in [1.54, 1.807) is 30.3 Å². The molecule has 9 nitrogen and oxygen atoms in total. The molecule has 0 aliphatic heterocycles. The first-order chi connectivity index (χ1) is 32.3. The molecule has 0 aliphatic carbocycles. The lowest BCUT2D eigenvalue weighted by molar-refractivity contribution is 0.0712. The van der Waals surface area contributed by atoms with E-state index < -0.39 is 23.9 Å². The van der Waals surface area contributed by atoms with Crippen LogP contribution in [0.2, 0.25) is 0 Å². The van der Waals surface area contributed by atoms with E-state index in [1.165, 1.54) is 174 Å². The Morgan fingerprint density at radius 1 is 0.394 bits per heavy atom. The highest BCUT2D eigenvalue weighted by atomic mass is 16.5. The molecule has 0 heterocycles. The SMILES string of the molecule is CCCCCCCCCCCCCCCCc1ccc(-c2ccc(C(=O)Oc3ccc(C(=O)Oc4cccc(C(=O)Oc5ccc(C(=O)Oc6ccc(C#N)cc6)cc5)c4)cc3)cc2)cc1. The van der Waals surface area contributed by atoms with Gasteiger partial charge in [-0.25, -0.2) is 19.2 Å². The zero-order chi connectivity index (χ0) is 46.4. The predicted octanol–water partition coefficient (Wildman–Crippen LogP) is 14.1. The minimum absolute atomic E-state index is 0.116. The van der Waals surface area contributed by atoms with Crippen molar-refractivity contribution in [2.45, 2.75) is 103 Å². The van der Waals surface area contributed by atoms with Crippen LogP contribution in [-0.4, -0.2) is 23.9 Å². The van der Waals surface area contributed by atoms with E-state index in [0.29, 0.717) is 11.1 Å². The van der Waals surface area contributed by atoms with E-state index in [-0.39, 0.29) is 39.7 Å². The lowest BCUT2D eigenvalue weighted by Gasteiger charge is -2.09. The number of carbonyl (C=O) groups excluding carboxylic acids is 4. The second kappa shape index (κ2) is 25.8. The van der Waals surface area contributed by atoms with Gasteiger partial charge in [-0.15, -0.1) is 0 Å². The van der Waals surface area contributed by atoms with Gasteiger partial charge in [0.05, 0.1) is 33.9 Å². The number of hydrogen-bond donors (Lipinski definition) is 0. The molecule has 0 bridgehead atoms. The Balaban J connectivity index is 0.888. The van der Waals surface area contributed by atoms with E-state index in [1.807, 2.05) is 18.2 Å². The molecule has 0 amide bonds. The van der Waals surface area contributed by atoms with Crippen LogP contribution in [0.3, 0.4) is 0 Å². The van der Waals surface area contributed by atoms with Gasteiger partial charge < -0.3 is 18.9 Å². The molecule has 9 heteroatoms. The van der Waals surface area contributed by atoms with Gasteiger partial charge in [-0.05, 0) is 133 Å². The summed E-state index contributed by atoms with van der Waals surface area (Å²) < 4.78 is 21.9. The van der Waals surface area contributed by atoms with E-state index >= 15 is 0 Å². The molecule has 0 aliphatic rings. The fraction of sp³-hybridized carbons (Fsp3) is 0.281. The Kier molecular flexibility index (Phi) is 18.9. The summed E-state index contributed by atoms with van der Waals surface area (Å²) in [6.07, 6.45) is 20.1. The maximum absolute atomic E-state index is 13.0. The van der Waals surface area contributed by atoms with Gasteiger partial charge in [0, 0.05) is 0 Å². The van der Waals surface area contributed by atoms with Crippen molar-refractivity contribution in [1.82, 2.24) is 0 Å². The second-order valence-corrected chi connectivity index (χ2v) is 16.4. The normalized spacial score (nSPS) is 10.7. The van der Waals surface area contributed by atoms with Crippen molar-refractivity contribution >= 4 is 23.9 Å². The molecule has 338 valence electrons. The third-order valence-electron chi connectivity index (χ3n) is 11.3. The molecular formula is C57H57NO8. The number of nitrogens with zero attached hydrogens (tertiary/aromatic N) is 1. The Bertz CT molecular complexity index is 2520. The molecule has 6 aromatic carbocycles. The lowest BCUT2D eigenvalue weighted by Crippen LogP contribution is -2.12. The fourth-order valence-corrected chi connectivity index (χ4v) is 7.45. The summed E-state index contributed by atoms with van der Waals surface area (Å²) in [5, 5.41) is 8.94. The van der Waals surface area contributed by atoms with Crippen molar-refractivity contribution in [2.75, 3.05) is 0 Å². The number of benzene rings is 6. The quantitative estimate of drug-likeness (QED) is 0.0331. The van der Waals surface area contributed by atoms with Gasteiger partial charge in [-0.1, -0.05) is 133 Å². The largest absolute Gasteiger partial charge is 0.423 e. The minimum Gasteiger partial charge on any atom is -0.423 e. The molecule has 0 aromatic heterocycles. The van der Waals surface area contributed by atoms with Crippen LogP contribution in [0.15, 0.2) is 146 Å². The maximum Gasteiger partial charge on any atom is 0.343 e. The van der Waals surface area contributed by atoms with Crippen molar-refractivity contribution in [3.63, 3.8) is 0 Å². The average molecular weight is 884 g/mol. The van der Waals surface area contributed by atoms with Crippen LogP contribution < -0.4 is 18.9 Å². The minimum atomic E-state index is -0.707. The summed E-state index contributed by atoms with van der Waals surface area (Å²) in [7, 11) is 0. The molecule has 6 rings (SSSR count). The molecule has 0 spiro atoms. The zero-order valence-corrected chi connectivity index (χ0v) is 37.7. The number of carbonyl (C=O) groups is 4. The van der Waals surface area contributed by atoms with Crippen molar-refractivity contribution in [2.24, 2.45) is 0 Å². The van der Waals surface area contributed by atoms with Gasteiger partial charge in [0.15, 0.2) is 0 Å². The van der Waals surface area contributed by atoms with Crippen molar-refractivity contribution in [3.8, 4) is 40.2 Å². The standard InChI is InChI=1S/C57H57NO8/c1-2-3-4-5-6-7-8-9-10-11-12-13-14-15-17-42-20-24-44(25-21-42)45-26-28-46(29-27-45)54(59)64-51-36-32-48(33-37-51)56(61)66-53-19-16-18-49(40-53)57(62)65-52-38-30-47(31-39-52)55(60)63-50-34-22-43(41-58)23-35-50/h16,18-40H,2-15,17H2,1H3. The van der Waals surface area contributed by atoms with Crippen LogP contribution in [0.25, 0.3) is 11.1 Å². The summed E-state index contributed by atoms with van der Waals surface area (Å²) >= 11 is 0. The first-order valence-corrected chi connectivity index (χ1v) is 23.2. The van der Waals surface area contributed by atoms with Crippen LogP contribution in [-0.2, 0) is 6.42 Å². The second-order valence-electron chi connectivity index (χ2n) is 16.4. The molecule has 66 heavy (non-hydrogen) atoms. The summed E-state index contributed by atoms with van der Waals surface area (Å²) in [4.78, 5) is 51.4. The first kappa shape index (κ1) is 48.2. The van der Waals surface area contributed by atoms with Crippen molar-refractivity contribution < 1.29 is 38.1 Å². The third-order valence-corrected chi connectivity index (χ3v) is 11.3. The van der Waals surface area contributed by atoms with Gasteiger partial charge in [0.25, 0.3) is 0 Å². The van der Waals surface area contributed by atoms with E-state index in [9.17, 15) is 19.2 Å². The molecule has 0 atom stereocenters. The van der Waals surface area contributed by atoms with Crippen molar-refractivity contribution in [3.05, 3.63) is 179 Å². The summed E-state index contributed by atoms with van der Waals surface area (Å²) in [5.41, 5.74) is 4.83. The van der Waals surface area contributed by atoms with E-state index in [0.717, 1.165) is 17.5 Å².